The van der Waals surface area contributed by atoms with Gasteiger partial charge in [-0.25, -0.2) is 0 Å². The highest BCUT2D eigenvalue weighted by Crippen LogP contribution is 2.64. The van der Waals surface area contributed by atoms with Gasteiger partial charge in [-0.3, -0.25) is 9.59 Å². The van der Waals surface area contributed by atoms with E-state index < -0.39 is 0 Å². The Kier molecular flexibility index (Phi) is 2.64. The van der Waals surface area contributed by atoms with E-state index in [1.165, 1.54) is 6.42 Å². The van der Waals surface area contributed by atoms with Crippen LogP contribution in [-0.4, -0.2) is 17.2 Å². The van der Waals surface area contributed by atoms with E-state index in [4.69, 9.17) is 4.74 Å². The molecule has 3 nitrogen and oxygen atoms in total. The van der Waals surface area contributed by atoms with Gasteiger partial charge in [0, 0.05) is 16.7 Å². The number of benzene rings is 1. The van der Waals surface area contributed by atoms with E-state index in [0.29, 0.717) is 28.7 Å². The summed E-state index contributed by atoms with van der Waals surface area (Å²) in [5, 5.41) is 0. The molecule has 1 heterocycles. The van der Waals surface area contributed by atoms with Crippen molar-refractivity contribution in [2.45, 2.75) is 51.6 Å². The largest absolute Gasteiger partial charge is 0.486 e. The molecule has 1 aromatic carbocycles. The van der Waals surface area contributed by atoms with Gasteiger partial charge in [0.05, 0.1) is 0 Å². The summed E-state index contributed by atoms with van der Waals surface area (Å²) in [7, 11) is 0. The quantitative estimate of drug-likeness (QED) is 0.673. The van der Waals surface area contributed by atoms with Gasteiger partial charge in [-0.1, -0.05) is 38.1 Å². The van der Waals surface area contributed by atoms with Gasteiger partial charge in [-0.2, -0.15) is 0 Å². The molecule has 0 N–H and O–H groups in total. The van der Waals surface area contributed by atoms with Crippen LogP contribution in [0.25, 0.3) is 5.76 Å². The van der Waals surface area contributed by atoms with Gasteiger partial charge in [0.1, 0.15) is 11.4 Å². The summed E-state index contributed by atoms with van der Waals surface area (Å²) in [5.74, 6) is 1.39. The number of fused-ring (bicyclic) bond motifs is 2. The number of rotatable bonds is 0. The first-order valence-electron chi connectivity index (χ1n) is 9.02. The molecule has 5 aliphatic rings. The molecule has 124 valence electrons. The Morgan fingerprint density at radius 1 is 1.00 bits per heavy atom. The van der Waals surface area contributed by atoms with Crippen molar-refractivity contribution in [1.82, 2.24) is 0 Å². The van der Waals surface area contributed by atoms with E-state index in [2.05, 4.69) is 13.8 Å². The molecule has 6 rings (SSSR count). The summed E-state index contributed by atoms with van der Waals surface area (Å²) in [4.78, 5) is 24.8. The Balaban J connectivity index is 1.55. The number of carbonyl (C=O) groups excluding carboxylic acids is 2. The Labute approximate surface area is 142 Å². The molecule has 1 spiro atoms. The van der Waals surface area contributed by atoms with Gasteiger partial charge >= 0.3 is 0 Å². The molecule has 3 saturated carbocycles. The summed E-state index contributed by atoms with van der Waals surface area (Å²) in [6.07, 6.45) is 5.03. The Bertz CT molecular complexity index is 800. The third-order valence-electron chi connectivity index (χ3n) is 7.23. The Morgan fingerprint density at radius 2 is 1.67 bits per heavy atom. The van der Waals surface area contributed by atoms with E-state index in [-0.39, 0.29) is 17.2 Å². The summed E-state index contributed by atoms with van der Waals surface area (Å²) >= 11 is 0. The lowest BCUT2D eigenvalue weighted by Gasteiger charge is -2.63. The van der Waals surface area contributed by atoms with E-state index in [1.807, 2.05) is 18.2 Å². The highest BCUT2D eigenvalue weighted by Gasteiger charge is 2.60. The smallest absolute Gasteiger partial charge is 0.234 e. The molecule has 2 unspecified atom stereocenters. The van der Waals surface area contributed by atoms with Crippen LogP contribution in [0.1, 0.15) is 61.9 Å². The Hall–Kier alpha value is -1.90. The molecule has 3 fully saturated rings. The van der Waals surface area contributed by atoms with Crippen molar-refractivity contribution in [3.63, 3.8) is 0 Å². The highest BCUT2D eigenvalue weighted by atomic mass is 16.5. The fourth-order valence-electron chi connectivity index (χ4n) is 5.45. The minimum Gasteiger partial charge on any atom is -0.486 e. The van der Waals surface area contributed by atoms with Gasteiger partial charge < -0.3 is 4.74 Å². The number of Topliss-reactive ketones (excluding diaryl/α,β-unsaturated/α-hetero) is 2. The molecule has 4 aliphatic carbocycles. The van der Waals surface area contributed by atoms with E-state index in [1.54, 1.807) is 6.07 Å². The summed E-state index contributed by atoms with van der Waals surface area (Å²) < 4.78 is 6.56. The molecule has 0 amide bonds. The summed E-state index contributed by atoms with van der Waals surface area (Å²) in [6, 6.07) is 7.39. The Morgan fingerprint density at radius 3 is 2.33 bits per heavy atom. The molecule has 1 aromatic rings. The lowest BCUT2D eigenvalue weighted by molar-refractivity contribution is -0.169. The number of carbonyl (C=O) groups is 2. The number of ether oxygens (including phenoxy) is 1. The number of hydrogen-bond donors (Lipinski definition) is 0. The van der Waals surface area contributed by atoms with Gasteiger partial charge in [0.25, 0.3) is 0 Å². The second-order valence-corrected chi connectivity index (χ2v) is 8.66. The van der Waals surface area contributed by atoms with Gasteiger partial charge in [0.15, 0.2) is 0 Å². The van der Waals surface area contributed by atoms with Gasteiger partial charge in [-0.05, 0) is 49.4 Å². The van der Waals surface area contributed by atoms with Gasteiger partial charge in [-0.15, -0.1) is 0 Å². The van der Waals surface area contributed by atoms with E-state index >= 15 is 0 Å². The zero-order chi connectivity index (χ0) is 16.7. The van der Waals surface area contributed by atoms with Crippen molar-refractivity contribution in [2.75, 3.05) is 0 Å². The van der Waals surface area contributed by atoms with Crippen molar-refractivity contribution in [3.8, 4) is 0 Å². The van der Waals surface area contributed by atoms with Crippen LogP contribution in [0.15, 0.2) is 29.8 Å². The van der Waals surface area contributed by atoms with E-state index in [9.17, 15) is 9.59 Å². The van der Waals surface area contributed by atoms with E-state index in [0.717, 1.165) is 36.7 Å². The summed E-state index contributed by atoms with van der Waals surface area (Å²) in [5.41, 5.74) is 2.21. The SMILES string of the molecule is CC1(C)C2CC1CC1(CCC3=C(O1)c1ccccc1C(=O)C3=O)C2. The van der Waals surface area contributed by atoms with Crippen LogP contribution in [0.4, 0.5) is 0 Å². The van der Waals surface area contributed by atoms with Crippen molar-refractivity contribution >= 4 is 17.3 Å². The maximum absolute atomic E-state index is 12.5. The number of hydrogen-bond acceptors (Lipinski definition) is 3. The number of ketones is 2. The number of allylic oxidation sites excluding steroid dienone is 1. The molecule has 0 radical (unpaired) electrons. The fourth-order valence-corrected chi connectivity index (χ4v) is 5.45. The van der Waals surface area contributed by atoms with Crippen LogP contribution >= 0.6 is 0 Å². The monoisotopic (exact) mass is 322 g/mol. The second-order valence-electron chi connectivity index (χ2n) is 8.66. The maximum Gasteiger partial charge on any atom is 0.234 e. The van der Waals surface area contributed by atoms with Crippen LogP contribution in [-0.2, 0) is 9.53 Å². The highest BCUT2D eigenvalue weighted by molar-refractivity contribution is 6.52. The summed E-state index contributed by atoms with van der Waals surface area (Å²) in [6.45, 7) is 4.76. The van der Waals surface area contributed by atoms with Crippen LogP contribution in [0.3, 0.4) is 0 Å². The predicted octanol–water partition coefficient (Wildman–Crippen LogP) is 4.17. The lowest BCUT2D eigenvalue weighted by Crippen LogP contribution is -2.58. The minimum absolute atomic E-state index is 0.129. The van der Waals surface area contributed by atoms with Crippen LogP contribution in [0.2, 0.25) is 0 Å². The molecule has 3 heteroatoms. The van der Waals surface area contributed by atoms with Crippen molar-refractivity contribution in [2.24, 2.45) is 17.3 Å². The molecule has 2 bridgehead atoms. The standard InChI is InChI=1S/C21H22O3/c1-20(2)12-9-13(20)11-21(10-12)8-7-16-18(23)17(22)14-5-3-4-6-15(14)19(16)24-21/h3-6,12-13H,7-11H2,1-2H3. The molecular formula is C21H22O3. The molecule has 2 atom stereocenters. The molecule has 24 heavy (non-hydrogen) atoms. The topological polar surface area (TPSA) is 43.4 Å². The fraction of sp³-hybridized carbons (Fsp3) is 0.524. The third kappa shape index (κ3) is 1.68. The van der Waals surface area contributed by atoms with Crippen LogP contribution in [0.5, 0.6) is 0 Å². The molecule has 0 aromatic heterocycles. The average Bonchev–Trinajstić information content (AvgIpc) is 2.59. The predicted molar refractivity (Wildman–Crippen MR) is 90.4 cm³/mol. The molecule has 0 saturated heterocycles. The zero-order valence-electron chi connectivity index (χ0n) is 14.2. The lowest BCUT2D eigenvalue weighted by atomic mass is 9.45. The minimum atomic E-state index is -0.378. The second kappa shape index (κ2) is 4.38. The maximum atomic E-state index is 12.5. The van der Waals surface area contributed by atoms with Crippen molar-refractivity contribution < 1.29 is 14.3 Å². The van der Waals surface area contributed by atoms with Crippen molar-refractivity contribution in [3.05, 3.63) is 41.0 Å². The first kappa shape index (κ1) is 14.4. The van der Waals surface area contributed by atoms with Crippen LogP contribution in [0, 0.1) is 17.3 Å². The van der Waals surface area contributed by atoms with Gasteiger partial charge in [0.2, 0.25) is 11.6 Å². The van der Waals surface area contributed by atoms with Crippen LogP contribution < -0.4 is 0 Å². The molecular weight excluding hydrogens is 300 g/mol. The third-order valence-corrected chi connectivity index (χ3v) is 7.23. The first-order valence-corrected chi connectivity index (χ1v) is 9.02. The normalized spacial score (nSPS) is 35.9. The molecule has 1 aliphatic heterocycles. The van der Waals surface area contributed by atoms with Crippen molar-refractivity contribution in [1.29, 1.82) is 0 Å². The average molecular weight is 322 g/mol. The zero-order valence-corrected chi connectivity index (χ0v) is 14.2. The first-order chi connectivity index (χ1) is 11.4.